The zero-order chi connectivity index (χ0) is 13.7. The fourth-order valence-corrected chi connectivity index (χ4v) is 2.30. The number of nitrogens with one attached hydrogen (secondary N) is 1. The van der Waals surface area contributed by atoms with E-state index in [4.69, 9.17) is 0 Å². The molecule has 4 heteroatoms. The summed E-state index contributed by atoms with van der Waals surface area (Å²) in [7, 11) is 1.98. The molecule has 0 saturated heterocycles. The molecule has 0 aliphatic rings. The van der Waals surface area contributed by atoms with Crippen LogP contribution in [0.1, 0.15) is 24.4 Å². The number of hydrogen-bond acceptors (Lipinski definition) is 3. The minimum absolute atomic E-state index is 0.0362. The van der Waals surface area contributed by atoms with Gasteiger partial charge in [-0.1, -0.05) is 30.3 Å². The Bertz CT molecular complexity index is 495. The molecule has 2 N–H and O–H groups in total. The molecule has 0 bridgehead atoms. The smallest absolute Gasteiger partial charge is 0.125 e. The molecule has 102 valence electrons. The highest BCUT2D eigenvalue weighted by Gasteiger charge is 2.15. The van der Waals surface area contributed by atoms with E-state index < -0.39 is 0 Å². The van der Waals surface area contributed by atoms with Crippen molar-refractivity contribution < 1.29 is 5.11 Å². The summed E-state index contributed by atoms with van der Waals surface area (Å²) in [4.78, 5) is 4.33. The van der Waals surface area contributed by atoms with Gasteiger partial charge in [-0.2, -0.15) is 0 Å². The largest absolute Gasteiger partial charge is 0.395 e. The molecule has 1 heterocycles. The van der Waals surface area contributed by atoms with E-state index in [1.807, 2.05) is 36.0 Å². The molecule has 1 unspecified atom stereocenters. The van der Waals surface area contributed by atoms with Crippen molar-refractivity contribution in [3.8, 4) is 0 Å². The normalized spacial score (nSPS) is 14.3. The maximum atomic E-state index is 9.51. The van der Waals surface area contributed by atoms with Gasteiger partial charge in [0.15, 0.2) is 0 Å². The van der Waals surface area contributed by atoms with Gasteiger partial charge in [0.25, 0.3) is 0 Å². The predicted octanol–water partition coefficient (Wildman–Crippen LogP) is 1.67. The van der Waals surface area contributed by atoms with Gasteiger partial charge in [0.1, 0.15) is 5.82 Å². The number of nitrogens with zero attached hydrogens (tertiary/aromatic N) is 2. The molecule has 1 aromatic heterocycles. The molecule has 0 radical (unpaired) electrons. The van der Waals surface area contributed by atoms with E-state index in [0.717, 1.165) is 12.2 Å². The van der Waals surface area contributed by atoms with Crippen molar-refractivity contribution in [1.29, 1.82) is 0 Å². The lowest BCUT2D eigenvalue weighted by molar-refractivity contribution is 0.230. The second-order valence-electron chi connectivity index (χ2n) is 4.85. The van der Waals surface area contributed by atoms with Crippen LogP contribution in [0.25, 0.3) is 0 Å². The van der Waals surface area contributed by atoms with Crippen LogP contribution in [-0.4, -0.2) is 27.3 Å². The van der Waals surface area contributed by atoms with Crippen LogP contribution in [-0.2, 0) is 13.5 Å². The van der Waals surface area contributed by atoms with Gasteiger partial charge in [-0.25, -0.2) is 4.98 Å². The number of hydrogen-bond donors (Lipinski definition) is 2. The molecular formula is C15H21N3O. The van der Waals surface area contributed by atoms with Gasteiger partial charge in [0.2, 0.25) is 0 Å². The van der Waals surface area contributed by atoms with Crippen molar-refractivity contribution >= 4 is 0 Å². The zero-order valence-corrected chi connectivity index (χ0v) is 11.5. The number of aliphatic hydroxyl groups excluding tert-OH is 1. The summed E-state index contributed by atoms with van der Waals surface area (Å²) >= 11 is 0. The topological polar surface area (TPSA) is 50.1 Å². The van der Waals surface area contributed by atoms with Crippen LogP contribution >= 0.6 is 0 Å². The van der Waals surface area contributed by atoms with Crippen LogP contribution in [0.4, 0.5) is 0 Å². The van der Waals surface area contributed by atoms with Gasteiger partial charge in [-0.05, 0) is 18.9 Å². The summed E-state index contributed by atoms with van der Waals surface area (Å²) in [5, 5.41) is 12.9. The number of aromatic nitrogens is 2. The van der Waals surface area contributed by atoms with E-state index in [1.54, 1.807) is 6.20 Å². The molecule has 0 aliphatic heterocycles. The third-order valence-electron chi connectivity index (χ3n) is 3.28. The first kappa shape index (κ1) is 13.8. The highest BCUT2D eigenvalue weighted by atomic mass is 16.3. The van der Waals surface area contributed by atoms with Gasteiger partial charge >= 0.3 is 0 Å². The summed E-state index contributed by atoms with van der Waals surface area (Å²) in [5.74, 6) is 0.978. The Kier molecular flexibility index (Phi) is 4.71. The Morgan fingerprint density at radius 2 is 2.05 bits per heavy atom. The predicted molar refractivity (Wildman–Crippen MR) is 75.8 cm³/mol. The monoisotopic (exact) mass is 259 g/mol. The van der Waals surface area contributed by atoms with E-state index in [2.05, 4.69) is 29.4 Å². The van der Waals surface area contributed by atoms with Gasteiger partial charge in [0.05, 0.1) is 12.6 Å². The average Bonchev–Trinajstić information content (AvgIpc) is 2.85. The minimum Gasteiger partial charge on any atom is -0.395 e. The van der Waals surface area contributed by atoms with E-state index in [-0.39, 0.29) is 18.7 Å². The fraction of sp³-hybridized carbons (Fsp3) is 0.400. The molecule has 0 aliphatic carbocycles. The van der Waals surface area contributed by atoms with Crippen LogP contribution in [0.3, 0.4) is 0 Å². The highest BCUT2D eigenvalue weighted by Crippen LogP contribution is 2.11. The molecule has 4 nitrogen and oxygen atoms in total. The Morgan fingerprint density at radius 1 is 1.32 bits per heavy atom. The minimum atomic E-state index is 0.0362. The van der Waals surface area contributed by atoms with Crippen LogP contribution in [0.15, 0.2) is 42.7 Å². The molecule has 0 spiro atoms. The third-order valence-corrected chi connectivity index (χ3v) is 3.28. The van der Waals surface area contributed by atoms with Crippen molar-refractivity contribution in [3.63, 3.8) is 0 Å². The quantitative estimate of drug-likeness (QED) is 0.829. The van der Waals surface area contributed by atoms with Crippen LogP contribution in [0, 0.1) is 0 Å². The van der Waals surface area contributed by atoms with Crippen LogP contribution < -0.4 is 5.32 Å². The molecule has 19 heavy (non-hydrogen) atoms. The molecule has 2 aromatic rings. The number of benzene rings is 1. The SMILES string of the molecule is CC(N[C@H](CO)Cc1ccccc1)c1nccn1C. The van der Waals surface area contributed by atoms with Crippen molar-refractivity contribution in [2.75, 3.05) is 6.61 Å². The maximum Gasteiger partial charge on any atom is 0.125 e. The van der Waals surface area contributed by atoms with Crippen LogP contribution in [0.2, 0.25) is 0 Å². The lowest BCUT2D eigenvalue weighted by Crippen LogP contribution is -2.37. The van der Waals surface area contributed by atoms with E-state index >= 15 is 0 Å². The molecule has 0 saturated carbocycles. The Labute approximate surface area is 114 Å². The summed E-state index contributed by atoms with van der Waals surface area (Å²) in [6, 6.07) is 10.3. The first-order valence-electron chi connectivity index (χ1n) is 6.58. The summed E-state index contributed by atoms with van der Waals surface area (Å²) in [6.07, 6.45) is 4.53. The first-order chi connectivity index (χ1) is 9.20. The second-order valence-corrected chi connectivity index (χ2v) is 4.85. The highest BCUT2D eigenvalue weighted by molar-refractivity contribution is 5.16. The number of imidazole rings is 1. The second kappa shape index (κ2) is 6.50. The third kappa shape index (κ3) is 3.66. The Morgan fingerprint density at radius 3 is 2.63 bits per heavy atom. The van der Waals surface area contributed by atoms with Crippen molar-refractivity contribution in [3.05, 3.63) is 54.1 Å². The van der Waals surface area contributed by atoms with E-state index in [9.17, 15) is 5.11 Å². The van der Waals surface area contributed by atoms with E-state index in [1.165, 1.54) is 5.56 Å². The summed E-state index contributed by atoms with van der Waals surface area (Å²) < 4.78 is 1.99. The molecule has 2 atom stereocenters. The molecule has 0 amide bonds. The number of aliphatic hydroxyl groups is 1. The zero-order valence-electron chi connectivity index (χ0n) is 11.5. The van der Waals surface area contributed by atoms with Gasteiger partial charge in [0, 0.05) is 25.5 Å². The summed E-state index contributed by atoms with van der Waals surface area (Å²) in [6.45, 7) is 2.18. The maximum absolute atomic E-state index is 9.51. The van der Waals surface area contributed by atoms with E-state index in [0.29, 0.717) is 0 Å². The van der Waals surface area contributed by atoms with Crippen molar-refractivity contribution in [2.24, 2.45) is 7.05 Å². The van der Waals surface area contributed by atoms with Crippen molar-refractivity contribution in [2.45, 2.75) is 25.4 Å². The number of rotatable bonds is 6. The van der Waals surface area contributed by atoms with Crippen molar-refractivity contribution in [1.82, 2.24) is 14.9 Å². The molecule has 0 fully saturated rings. The molecule has 2 rings (SSSR count). The lowest BCUT2D eigenvalue weighted by Gasteiger charge is -2.21. The first-order valence-corrected chi connectivity index (χ1v) is 6.58. The Hall–Kier alpha value is -1.65. The van der Waals surface area contributed by atoms with Gasteiger partial charge in [-0.3, -0.25) is 0 Å². The molecular weight excluding hydrogens is 238 g/mol. The standard InChI is InChI=1S/C15H21N3O/c1-12(15-16-8-9-18(15)2)17-14(11-19)10-13-6-4-3-5-7-13/h3-9,12,14,17,19H,10-11H2,1-2H3/t12?,14-/m0/s1. The summed E-state index contributed by atoms with van der Waals surface area (Å²) in [5.41, 5.74) is 1.22. The lowest BCUT2D eigenvalue weighted by atomic mass is 10.1. The van der Waals surface area contributed by atoms with Gasteiger partial charge < -0.3 is 15.0 Å². The van der Waals surface area contributed by atoms with Crippen LogP contribution in [0.5, 0.6) is 0 Å². The Balaban J connectivity index is 1.98. The molecule has 1 aromatic carbocycles. The van der Waals surface area contributed by atoms with Gasteiger partial charge in [-0.15, -0.1) is 0 Å². The number of aryl methyl sites for hydroxylation is 1. The average molecular weight is 259 g/mol. The fourth-order valence-electron chi connectivity index (χ4n) is 2.30.